The number of hydrogen-bond donors (Lipinski definition) is 1. The number of hydrogen-bond acceptors (Lipinski definition) is 3. The first kappa shape index (κ1) is 13.5. The fourth-order valence-corrected chi connectivity index (χ4v) is 2.09. The third-order valence-corrected chi connectivity index (χ3v) is 3.09. The Morgan fingerprint density at radius 3 is 2.58 bits per heavy atom. The summed E-state index contributed by atoms with van der Waals surface area (Å²) in [5.74, 6) is 0.0932. The number of rotatable bonds is 3. The minimum Gasteiger partial charge on any atom is -0.497 e. The van der Waals surface area contributed by atoms with Crippen molar-refractivity contribution < 1.29 is 9.13 Å². The molecule has 1 aromatic heterocycles. The summed E-state index contributed by atoms with van der Waals surface area (Å²) in [6, 6.07) is 6.08. The van der Waals surface area contributed by atoms with Gasteiger partial charge in [-0.15, -0.1) is 0 Å². The summed E-state index contributed by atoms with van der Waals surface area (Å²) in [6.45, 7) is 3.89. The lowest BCUT2D eigenvalue weighted by molar-refractivity contribution is 0.410. The van der Waals surface area contributed by atoms with E-state index in [0.29, 0.717) is 17.0 Å². The van der Waals surface area contributed by atoms with Crippen LogP contribution in [0.4, 0.5) is 4.39 Å². The first-order valence-corrected chi connectivity index (χ1v) is 6.05. The minimum absolute atomic E-state index is 0.381. The van der Waals surface area contributed by atoms with Crippen molar-refractivity contribution >= 4 is 0 Å². The van der Waals surface area contributed by atoms with Gasteiger partial charge >= 0.3 is 0 Å². The molecule has 1 heterocycles. The predicted octanol–water partition coefficient (Wildman–Crippen LogP) is 2.89. The first-order valence-electron chi connectivity index (χ1n) is 6.05. The van der Waals surface area contributed by atoms with E-state index in [9.17, 15) is 4.39 Å². The van der Waals surface area contributed by atoms with E-state index in [1.807, 2.05) is 19.9 Å². The number of ether oxygens (including phenoxy) is 1. The third-order valence-electron chi connectivity index (χ3n) is 3.09. The fourth-order valence-electron chi connectivity index (χ4n) is 2.09. The summed E-state index contributed by atoms with van der Waals surface area (Å²) >= 11 is 0. The molecule has 0 bridgehead atoms. The predicted molar refractivity (Wildman–Crippen MR) is 72.7 cm³/mol. The van der Waals surface area contributed by atoms with Gasteiger partial charge in [0.05, 0.1) is 18.8 Å². The molecular formula is C15H17FN2O. The zero-order valence-electron chi connectivity index (χ0n) is 11.3. The Kier molecular flexibility index (Phi) is 3.81. The van der Waals surface area contributed by atoms with Crippen LogP contribution in [-0.2, 0) is 0 Å². The maximum Gasteiger partial charge on any atom is 0.132 e. The van der Waals surface area contributed by atoms with Crippen LogP contribution in [0, 0.1) is 19.7 Å². The van der Waals surface area contributed by atoms with Gasteiger partial charge in [0.1, 0.15) is 11.6 Å². The maximum atomic E-state index is 14.0. The number of nitrogens with two attached hydrogens (primary N) is 1. The quantitative estimate of drug-likeness (QED) is 0.923. The van der Waals surface area contributed by atoms with Gasteiger partial charge in [0.15, 0.2) is 0 Å². The summed E-state index contributed by atoms with van der Waals surface area (Å²) in [7, 11) is 1.50. The molecule has 4 heteroatoms. The molecule has 2 aromatic rings. The van der Waals surface area contributed by atoms with E-state index in [-0.39, 0.29) is 5.82 Å². The summed E-state index contributed by atoms with van der Waals surface area (Å²) in [5, 5.41) is 0. The second-order valence-electron chi connectivity index (χ2n) is 4.58. The molecule has 1 unspecified atom stereocenters. The monoisotopic (exact) mass is 260 g/mol. The number of nitrogens with zero attached hydrogens (tertiary/aromatic N) is 1. The van der Waals surface area contributed by atoms with Crippen LogP contribution in [0.5, 0.6) is 5.75 Å². The van der Waals surface area contributed by atoms with E-state index in [4.69, 9.17) is 10.5 Å². The van der Waals surface area contributed by atoms with E-state index in [2.05, 4.69) is 4.98 Å². The SMILES string of the molecule is COc1ccc(C(N)c2ncc(C)cc2C)c(F)c1. The summed E-state index contributed by atoms with van der Waals surface area (Å²) in [4.78, 5) is 4.31. The van der Waals surface area contributed by atoms with Gasteiger partial charge in [-0.1, -0.05) is 12.1 Å². The largest absolute Gasteiger partial charge is 0.497 e. The topological polar surface area (TPSA) is 48.1 Å². The molecule has 100 valence electrons. The van der Waals surface area contributed by atoms with Crippen molar-refractivity contribution in [3.63, 3.8) is 0 Å². The molecular weight excluding hydrogens is 243 g/mol. The minimum atomic E-state index is -0.577. The second kappa shape index (κ2) is 5.36. The van der Waals surface area contributed by atoms with E-state index in [1.165, 1.54) is 13.2 Å². The van der Waals surface area contributed by atoms with Gasteiger partial charge < -0.3 is 10.5 Å². The van der Waals surface area contributed by atoms with Gasteiger partial charge in [-0.3, -0.25) is 4.98 Å². The number of methoxy groups -OCH3 is 1. The molecule has 0 aliphatic heterocycles. The highest BCUT2D eigenvalue weighted by atomic mass is 19.1. The van der Waals surface area contributed by atoms with Gasteiger partial charge in [0.25, 0.3) is 0 Å². The Hall–Kier alpha value is -1.94. The van der Waals surface area contributed by atoms with Gasteiger partial charge in [0.2, 0.25) is 0 Å². The van der Waals surface area contributed by atoms with Gasteiger partial charge in [0, 0.05) is 17.8 Å². The van der Waals surface area contributed by atoms with Crippen molar-refractivity contribution in [3.05, 3.63) is 58.7 Å². The van der Waals surface area contributed by atoms with Crippen LogP contribution in [0.25, 0.3) is 0 Å². The molecule has 1 atom stereocenters. The van der Waals surface area contributed by atoms with E-state index >= 15 is 0 Å². The van der Waals surface area contributed by atoms with Gasteiger partial charge in [-0.25, -0.2) is 4.39 Å². The number of benzene rings is 1. The van der Waals surface area contributed by atoms with Crippen molar-refractivity contribution in [2.24, 2.45) is 5.73 Å². The second-order valence-corrected chi connectivity index (χ2v) is 4.58. The van der Waals surface area contributed by atoms with Crippen molar-refractivity contribution in [2.45, 2.75) is 19.9 Å². The fraction of sp³-hybridized carbons (Fsp3) is 0.267. The van der Waals surface area contributed by atoms with Crippen LogP contribution in [0.15, 0.2) is 30.5 Å². The zero-order valence-corrected chi connectivity index (χ0v) is 11.3. The maximum absolute atomic E-state index is 14.0. The molecule has 0 radical (unpaired) electrons. The molecule has 2 N–H and O–H groups in total. The molecule has 0 amide bonds. The van der Waals surface area contributed by atoms with Crippen LogP contribution >= 0.6 is 0 Å². The summed E-state index contributed by atoms with van der Waals surface area (Å²) in [6.07, 6.45) is 1.74. The molecule has 0 aliphatic carbocycles. The van der Waals surface area contributed by atoms with Crippen LogP contribution in [-0.4, -0.2) is 12.1 Å². The summed E-state index contributed by atoms with van der Waals surface area (Å²) in [5.41, 5.74) is 9.24. The van der Waals surface area contributed by atoms with Crippen LogP contribution < -0.4 is 10.5 Å². The van der Waals surface area contributed by atoms with Crippen molar-refractivity contribution in [2.75, 3.05) is 7.11 Å². The smallest absolute Gasteiger partial charge is 0.132 e. The molecule has 3 nitrogen and oxygen atoms in total. The molecule has 2 rings (SSSR count). The van der Waals surface area contributed by atoms with Gasteiger partial charge in [-0.05, 0) is 31.0 Å². The molecule has 1 aromatic carbocycles. The van der Waals surface area contributed by atoms with E-state index in [1.54, 1.807) is 18.3 Å². The highest BCUT2D eigenvalue weighted by Crippen LogP contribution is 2.26. The number of aromatic nitrogens is 1. The zero-order chi connectivity index (χ0) is 14.0. The lowest BCUT2D eigenvalue weighted by Crippen LogP contribution is -2.16. The Balaban J connectivity index is 2.41. The van der Waals surface area contributed by atoms with Gasteiger partial charge in [-0.2, -0.15) is 0 Å². The van der Waals surface area contributed by atoms with Crippen molar-refractivity contribution in [3.8, 4) is 5.75 Å². The van der Waals surface area contributed by atoms with Crippen molar-refractivity contribution in [1.82, 2.24) is 4.98 Å². The number of pyridine rings is 1. The standard InChI is InChI=1S/C15H17FN2O/c1-9-6-10(2)15(18-8-9)14(17)12-5-4-11(19-3)7-13(12)16/h4-8,14H,17H2,1-3H3. The summed E-state index contributed by atoms with van der Waals surface area (Å²) < 4.78 is 19.0. The van der Waals surface area contributed by atoms with E-state index in [0.717, 1.165) is 11.1 Å². The number of aryl methyl sites for hydroxylation is 2. The lowest BCUT2D eigenvalue weighted by Gasteiger charge is -2.15. The average molecular weight is 260 g/mol. The Morgan fingerprint density at radius 2 is 2.00 bits per heavy atom. The van der Waals surface area contributed by atoms with Crippen LogP contribution in [0.1, 0.15) is 28.4 Å². The normalized spacial score (nSPS) is 12.3. The highest BCUT2D eigenvalue weighted by Gasteiger charge is 2.17. The number of halogens is 1. The molecule has 0 saturated heterocycles. The molecule has 0 aliphatic rings. The van der Waals surface area contributed by atoms with E-state index < -0.39 is 6.04 Å². The molecule has 0 spiro atoms. The Labute approximate surface area is 112 Å². The third kappa shape index (κ3) is 2.74. The molecule has 0 fully saturated rings. The Morgan fingerprint density at radius 1 is 1.26 bits per heavy atom. The highest BCUT2D eigenvalue weighted by molar-refractivity contribution is 5.37. The Bertz CT molecular complexity index is 599. The van der Waals surface area contributed by atoms with Crippen LogP contribution in [0.2, 0.25) is 0 Å². The molecule has 19 heavy (non-hydrogen) atoms. The van der Waals surface area contributed by atoms with Crippen molar-refractivity contribution in [1.29, 1.82) is 0 Å². The first-order chi connectivity index (χ1) is 9.02. The molecule has 0 saturated carbocycles. The van der Waals surface area contributed by atoms with Crippen LogP contribution in [0.3, 0.4) is 0 Å². The lowest BCUT2D eigenvalue weighted by atomic mass is 9.99. The average Bonchev–Trinajstić information content (AvgIpc) is 2.37.